The summed E-state index contributed by atoms with van der Waals surface area (Å²) in [6.45, 7) is 9.90. The molecule has 1 aromatic carbocycles. The number of rotatable bonds is 7. The van der Waals surface area contributed by atoms with Crippen LogP contribution in [0.1, 0.15) is 30.4 Å². The van der Waals surface area contributed by atoms with Crippen molar-refractivity contribution in [1.82, 2.24) is 15.4 Å². The number of aryl methyl sites for hydroxylation is 2. The molecule has 0 amide bonds. The molecule has 3 rings (SSSR count). The van der Waals surface area contributed by atoms with Crippen molar-refractivity contribution in [2.75, 3.05) is 31.9 Å². The maximum Gasteiger partial charge on any atom is 0.193 e. The zero-order valence-corrected chi connectivity index (χ0v) is 20.1. The van der Waals surface area contributed by atoms with Crippen molar-refractivity contribution < 1.29 is 4.52 Å². The molecule has 2 aromatic rings. The Labute approximate surface area is 189 Å². The van der Waals surface area contributed by atoms with E-state index >= 15 is 0 Å². The molecule has 1 aromatic heterocycles. The Hall–Kier alpha value is -1.22. The number of nitrogens with zero attached hydrogens (tertiary/aromatic N) is 3. The van der Waals surface area contributed by atoms with Crippen LogP contribution in [0, 0.1) is 19.8 Å². The van der Waals surface area contributed by atoms with E-state index in [9.17, 15) is 0 Å². The Balaban J connectivity index is 0.00000280. The molecule has 28 heavy (non-hydrogen) atoms. The van der Waals surface area contributed by atoms with Gasteiger partial charge in [0.1, 0.15) is 5.76 Å². The van der Waals surface area contributed by atoms with Gasteiger partial charge in [-0.05, 0) is 51.7 Å². The van der Waals surface area contributed by atoms with Crippen LogP contribution in [0.3, 0.4) is 0 Å². The minimum Gasteiger partial charge on any atom is -0.361 e. The van der Waals surface area contributed by atoms with E-state index < -0.39 is 0 Å². The molecule has 0 bridgehead atoms. The molecule has 1 unspecified atom stereocenters. The van der Waals surface area contributed by atoms with Crippen LogP contribution in [-0.4, -0.2) is 47.9 Å². The fourth-order valence-corrected chi connectivity index (χ4v) is 4.50. The molecule has 7 heteroatoms. The molecule has 0 spiro atoms. The number of nitrogens with one attached hydrogen (secondary N) is 1. The van der Waals surface area contributed by atoms with Crippen LogP contribution in [0.2, 0.25) is 0 Å². The summed E-state index contributed by atoms with van der Waals surface area (Å²) in [5.74, 6) is 3.82. The highest BCUT2D eigenvalue weighted by Crippen LogP contribution is 2.26. The molecule has 0 saturated carbocycles. The van der Waals surface area contributed by atoms with Gasteiger partial charge in [-0.25, -0.2) is 0 Å². The molecule has 1 atom stereocenters. The first-order chi connectivity index (χ1) is 13.2. The first kappa shape index (κ1) is 23.1. The molecular weight excluding hydrogens is 483 g/mol. The highest BCUT2D eigenvalue weighted by molar-refractivity contribution is 14.0. The summed E-state index contributed by atoms with van der Waals surface area (Å²) < 4.78 is 5.25. The topological polar surface area (TPSA) is 53.7 Å². The standard InChI is InChI=1S/C21H30N4OS.HI/c1-4-22-21(23-12-10-20-16(2)24-26-17(20)3)25-13-11-18(14-25)15-27-19-8-6-5-7-9-19;/h5-9,18H,4,10-15H2,1-3H3,(H,22,23);1H. The highest BCUT2D eigenvalue weighted by atomic mass is 127. The summed E-state index contributed by atoms with van der Waals surface area (Å²) in [5.41, 5.74) is 2.17. The van der Waals surface area contributed by atoms with Crippen molar-refractivity contribution in [2.45, 2.75) is 38.5 Å². The Kier molecular flexibility index (Phi) is 9.64. The second-order valence-electron chi connectivity index (χ2n) is 7.01. The Bertz CT molecular complexity index is 731. The van der Waals surface area contributed by atoms with E-state index in [2.05, 4.69) is 52.6 Å². The molecule has 0 radical (unpaired) electrons. The molecule has 154 valence electrons. The van der Waals surface area contributed by atoms with E-state index in [1.54, 1.807) is 0 Å². The Morgan fingerprint density at radius 3 is 2.79 bits per heavy atom. The average Bonchev–Trinajstić information content (AvgIpc) is 3.28. The van der Waals surface area contributed by atoms with E-state index in [0.717, 1.165) is 50.0 Å². The van der Waals surface area contributed by atoms with Crippen molar-refractivity contribution in [3.63, 3.8) is 0 Å². The Morgan fingerprint density at radius 1 is 1.32 bits per heavy atom. The SMILES string of the molecule is CCNC(=NCCc1c(C)noc1C)N1CCC(CSc2ccccc2)C1.I. The molecule has 1 fully saturated rings. The number of aromatic nitrogens is 1. The summed E-state index contributed by atoms with van der Waals surface area (Å²) in [6.07, 6.45) is 2.10. The summed E-state index contributed by atoms with van der Waals surface area (Å²) in [7, 11) is 0. The number of likely N-dealkylation sites (tertiary alicyclic amines) is 1. The lowest BCUT2D eigenvalue weighted by molar-refractivity contribution is 0.392. The van der Waals surface area contributed by atoms with Gasteiger partial charge in [0.05, 0.1) is 5.69 Å². The van der Waals surface area contributed by atoms with Gasteiger partial charge in [-0.3, -0.25) is 4.99 Å². The molecule has 1 N–H and O–H groups in total. The lowest BCUT2D eigenvalue weighted by atomic mass is 10.1. The van der Waals surface area contributed by atoms with Crippen molar-refractivity contribution >= 4 is 41.7 Å². The smallest absolute Gasteiger partial charge is 0.193 e. The largest absolute Gasteiger partial charge is 0.361 e. The zero-order valence-electron chi connectivity index (χ0n) is 17.0. The van der Waals surface area contributed by atoms with E-state index in [-0.39, 0.29) is 24.0 Å². The lowest BCUT2D eigenvalue weighted by Gasteiger charge is -2.21. The van der Waals surface area contributed by atoms with Crippen LogP contribution in [0.25, 0.3) is 0 Å². The van der Waals surface area contributed by atoms with Gasteiger partial charge in [0.2, 0.25) is 0 Å². The number of hydrogen-bond donors (Lipinski definition) is 1. The maximum atomic E-state index is 5.25. The number of benzene rings is 1. The minimum absolute atomic E-state index is 0. The van der Waals surface area contributed by atoms with Gasteiger partial charge in [0.15, 0.2) is 5.96 Å². The van der Waals surface area contributed by atoms with Gasteiger partial charge in [-0.1, -0.05) is 23.4 Å². The second-order valence-corrected chi connectivity index (χ2v) is 8.11. The monoisotopic (exact) mass is 514 g/mol. The third-order valence-electron chi connectivity index (χ3n) is 4.95. The van der Waals surface area contributed by atoms with Crippen LogP contribution >= 0.6 is 35.7 Å². The fraction of sp³-hybridized carbons (Fsp3) is 0.524. The summed E-state index contributed by atoms with van der Waals surface area (Å²) in [4.78, 5) is 8.63. The summed E-state index contributed by atoms with van der Waals surface area (Å²) >= 11 is 1.96. The minimum atomic E-state index is 0. The quantitative estimate of drug-likeness (QED) is 0.255. The number of guanidine groups is 1. The van der Waals surface area contributed by atoms with Gasteiger partial charge in [-0.2, -0.15) is 0 Å². The van der Waals surface area contributed by atoms with Gasteiger partial charge in [0, 0.05) is 42.4 Å². The maximum absolute atomic E-state index is 5.25. The first-order valence-electron chi connectivity index (χ1n) is 9.80. The Morgan fingerprint density at radius 2 is 2.11 bits per heavy atom. The van der Waals surface area contributed by atoms with Gasteiger partial charge in [0.25, 0.3) is 0 Å². The van der Waals surface area contributed by atoms with Gasteiger partial charge < -0.3 is 14.7 Å². The molecule has 1 aliphatic heterocycles. The van der Waals surface area contributed by atoms with Crippen molar-refractivity contribution in [3.8, 4) is 0 Å². The van der Waals surface area contributed by atoms with E-state index in [4.69, 9.17) is 9.52 Å². The van der Waals surface area contributed by atoms with Crippen LogP contribution < -0.4 is 5.32 Å². The third kappa shape index (κ3) is 6.40. The average molecular weight is 514 g/mol. The predicted octanol–water partition coefficient (Wildman–Crippen LogP) is 4.53. The number of thioether (sulfide) groups is 1. The lowest BCUT2D eigenvalue weighted by Crippen LogP contribution is -2.40. The molecule has 5 nitrogen and oxygen atoms in total. The molecular formula is C21H31IN4OS. The third-order valence-corrected chi connectivity index (χ3v) is 6.20. The van der Waals surface area contributed by atoms with Crippen LogP contribution in [-0.2, 0) is 6.42 Å². The molecule has 0 aliphatic carbocycles. The number of halogens is 1. The van der Waals surface area contributed by atoms with Gasteiger partial charge in [-0.15, -0.1) is 35.7 Å². The van der Waals surface area contributed by atoms with E-state index in [1.807, 2.05) is 25.6 Å². The van der Waals surface area contributed by atoms with Crippen molar-refractivity contribution in [3.05, 3.63) is 47.3 Å². The van der Waals surface area contributed by atoms with E-state index in [1.165, 1.54) is 22.6 Å². The predicted molar refractivity (Wildman–Crippen MR) is 128 cm³/mol. The molecule has 1 aliphatic rings. The number of aliphatic imine (C=N–C) groups is 1. The molecule has 1 saturated heterocycles. The normalized spacial score (nSPS) is 16.9. The number of hydrogen-bond acceptors (Lipinski definition) is 4. The van der Waals surface area contributed by atoms with Crippen LogP contribution in [0.5, 0.6) is 0 Å². The van der Waals surface area contributed by atoms with Gasteiger partial charge >= 0.3 is 0 Å². The van der Waals surface area contributed by atoms with Crippen LogP contribution in [0.4, 0.5) is 0 Å². The molecule has 2 heterocycles. The van der Waals surface area contributed by atoms with Crippen molar-refractivity contribution in [1.29, 1.82) is 0 Å². The van der Waals surface area contributed by atoms with Crippen molar-refractivity contribution in [2.24, 2.45) is 10.9 Å². The highest BCUT2D eigenvalue weighted by Gasteiger charge is 2.25. The van der Waals surface area contributed by atoms with E-state index in [0.29, 0.717) is 5.92 Å². The zero-order chi connectivity index (χ0) is 19.1. The summed E-state index contributed by atoms with van der Waals surface area (Å²) in [6, 6.07) is 10.7. The van der Waals surface area contributed by atoms with Crippen LogP contribution in [0.15, 0.2) is 44.7 Å². The second kappa shape index (κ2) is 11.7. The first-order valence-corrected chi connectivity index (χ1v) is 10.8. The fourth-order valence-electron chi connectivity index (χ4n) is 3.45. The summed E-state index contributed by atoms with van der Waals surface area (Å²) in [5, 5.41) is 7.49.